The van der Waals surface area contributed by atoms with Gasteiger partial charge in [0.15, 0.2) is 0 Å². The van der Waals surface area contributed by atoms with Gasteiger partial charge in [-0.25, -0.2) is 4.98 Å². The van der Waals surface area contributed by atoms with E-state index >= 15 is 0 Å². The van der Waals surface area contributed by atoms with E-state index in [1.165, 1.54) is 16.0 Å². The highest BCUT2D eigenvalue weighted by Crippen LogP contribution is 2.29. The van der Waals surface area contributed by atoms with Gasteiger partial charge >= 0.3 is 0 Å². The summed E-state index contributed by atoms with van der Waals surface area (Å²) in [5.41, 5.74) is 3.60. The first kappa shape index (κ1) is 14.2. The first-order valence-electron chi connectivity index (χ1n) is 6.52. The summed E-state index contributed by atoms with van der Waals surface area (Å²) in [7, 11) is 0. The molecule has 1 heterocycles. The molecule has 0 aliphatic carbocycles. The van der Waals surface area contributed by atoms with Crippen molar-refractivity contribution in [1.29, 1.82) is 0 Å². The average molecular weight is 276 g/mol. The summed E-state index contributed by atoms with van der Waals surface area (Å²) in [5.74, 6) is 0.892. The Hall–Kier alpha value is -1.26. The van der Waals surface area contributed by atoms with Gasteiger partial charge in [-0.3, -0.25) is 0 Å². The van der Waals surface area contributed by atoms with E-state index in [0.717, 1.165) is 24.5 Å². The molecule has 0 atom stereocenters. The number of aromatic nitrogens is 1. The Kier molecular flexibility index (Phi) is 4.66. The molecular weight excluding hydrogens is 256 g/mol. The van der Waals surface area contributed by atoms with Crippen LogP contribution >= 0.6 is 11.8 Å². The smallest absolute Gasteiger partial charge is 0.260 e. The van der Waals surface area contributed by atoms with E-state index in [-0.39, 0.29) is 0 Å². The van der Waals surface area contributed by atoms with Crippen LogP contribution in [-0.2, 0) is 6.54 Å². The van der Waals surface area contributed by atoms with Crippen LogP contribution in [0, 0.1) is 20.8 Å². The van der Waals surface area contributed by atoms with E-state index in [1.807, 2.05) is 13.8 Å². The summed E-state index contributed by atoms with van der Waals surface area (Å²) in [5, 5.41) is 4.06. The van der Waals surface area contributed by atoms with E-state index < -0.39 is 0 Å². The van der Waals surface area contributed by atoms with Gasteiger partial charge in [-0.1, -0.05) is 13.0 Å². The maximum Gasteiger partial charge on any atom is 0.260 e. The Labute approximate surface area is 118 Å². The van der Waals surface area contributed by atoms with Crippen molar-refractivity contribution >= 4 is 11.8 Å². The van der Waals surface area contributed by atoms with Crippen molar-refractivity contribution in [2.45, 2.75) is 44.4 Å². The molecule has 1 aromatic heterocycles. The summed E-state index contributed by atoms with van der Waals surface area (Å²) in [6.45, 7) is 10.1. The molecule has 0 bridgehead atoms. The maximum absolute atomic E-state index is 5.59. The summed E-state index contributed by atoms with van der Waals surface area (Å²) < 4.78 is 5.59. The van der Waals surface area contributed by atoms with Crippen molar-refractivity contribution in [2.75, 3.05) is 6.54 Å². The van der Waals surface area contributed by atoms with Crippen LogP contribution in [0.25, 0.3) is 0 Å². The summed E-state index contributed by atoms with van der Waals surface area (Å²) >= 11 is 1.57. The molecule has 102 valence electrons. The predicted molar refractivity (Wildman–Crippen MR) is 78.7 cm³/mol. The molecule has 0 saturated carbocycles. The SMILES string of the molecule is CCNCc1ccc(Sc2nc(C)c(C)o2)cc1C. The highest BCUT2D eigenvalue weighted by molar-refractivity contribution is 7.99. The second-order valence-electron chi connectivity index (χ2n) is 4.59. The molecule has 0 saturated heterocycles. The summed E-state index contributed by atoms with van der Waals surface area (Å²) in [6, 6.07) is 6.48. The van der Waals surface area contributed by atoms with Crippen molar-refractivity contribution < 1.29 is 4.42 Å². The third kappa shape index (κ3) is 3.61. The Morgan fingerprint density at radius 2 is 2.05 bits per heavy atom. The molecule has 19 heavy (non-hydrogen) atoms. The van der Waals surface area contributed by atoms with E-state index in [2.05, 4.69) is 42.3 Å². The zero-order chi connectivity index (χ0) is 13.8. The standard InChI is InChI=1S/C15H20N2OS/c1-5-16-9-13-6-7-14(8-10(13)2)19-15-17-11(3)12(4)18-15/h6-8,16H,5,9H2,1-4H3. The van der Waals surface area contributed by atoms with Crippen molar-refractivity contribution in [1.82, 2.24) is 10.3 Å². The fourth-order valence-electron chi connectivity index (χ4n) is 1.78. The van der Waals surface area contributed by atoms with Crippen LogP contribution in [0.2, 0.25) is 0 Å². The normalized spacial score (nSPS) is 10.9. The number of benzene rings is 1. The van der Waals surface area contributed by atoms with Gasteiger partial charge in [-0.2, -0.15) is 0 Å². The number of rotatable bonds is 5. The van der Waals surface area contributed by atoms with Gasteiger partial charge in [0, 0.05) is 11.4 Å². The third-order valence-electron chi connectivity index (χ3n) is 3.09. The molecule has 0 aliphatic rings. The molecule has 1 aromatic carbocycles. The lowest BCUT2D eigenvalue weighted by molar-refractivity contribution is 0.431. The van der Waals surface area contributed by atoms with Gasteiger partial charge in [-0.05, 0) is 62.3 Å². The second kappa shape index (κ2) is 6.26. The zero-order valence-corrected chi connectivity index (χ0v) is 12.7. The number of hydrogen-bond acceptors (Lipinski definition) is 4. The van der Waals surface area contributed by atoms with E-state index in [4.69, 9.17) is 4.42 Å². The highest BCUT2D eigenvalue weighted by atomic mass is 32.2. The van der Waals surface area contributed by atoms with E-state index in [1.54, 1.807) is 11.8 Å². The van der Waals surface area contributed by atoms with Crippen molar-refractivity contribution in [3.8, 4) is 0 Å². The Morgan fingerprint density at radius 1 is 1.26 bits per heavy atom. The quantitative estimate of drug-likeness (QED) is 0.900. The van der Waals surface area contributed by atoms with Gasteiger partial charge in [-0.15, -0.1) is 0 Å². The number of nitrogens with zero attached hydrogens (tertiary/aromatic N) is 1. The fourth-order valence-corrected chi connectivity index (χ4v) is 2.70. The Morgan fingerprint density at radius 3 is 2.63 bits per heavy atom. The molecule has 0 aliphatic heterocycles. The largest absolute Gasteiger partial charge is 0.436 e. The van der Waals surface area contributed by atoms with Crippen LogP contribution in [-0.4, -0.2) is 11.5 Å². The molecule has 3 nitrogen and oxygen atoms in total. The van der Waals surface area contributed by atoms with Crippen LogP contribution < -0.4 is 5.32 Å². The molecule has 2 aromatic rings. The van der Waals surface area contributed by atoms with Crippen LogP contribution in [0.5, 0.6) is 0 Å². The lowest BCUT2D eigenvalue weighted by atomic mass is 10.1. The minimum absolute atomic E-state index is 0.717. The number of aryl methyl sites for hydroxylation is 3. The zero-order valence-electron chi connectivity index (χ0n) is 11.9. The van der Waals surface area contributed by atoms with E-state index in [9.17, 15) is 0 Å². The van der Waals surface area contributed by atoms with Crippen molar-refractivity contribution in [2.24, 2.45) is 0 Å². The van der Waals surface area contributed by atoms with E-state index in [0.29, 0.717) is 5.22 Å². The minimum atomic E-state index is 0.717. The Balaban J connectivity index is 2.11. The lowest BCUT2D eigenvalue weighted by Gasteiger charge is -2.07. The van der Waals surface area contributed by atoms with Gasteiger partial charge in [0.1, 0.15) is 5.76 Å². The maximum atomic E-state index is 5.59. The van der Waals surface area contributed by atoms with Crippen LogP contribution in [0.1, 0.15) is 29.5 Å². The molecule has 0 fully saturated rings. The molecule has 0 spiro atoms. The predicted octanol–water partition coefficient (Wildman–Crippen LogP) is 3.86. The molecular formula is C15H20N2OS. The number of hydrogen-bond donors (Lipinski definition) is 1. The molecule has 4 heteroatoms. The number of oxazole rings is 1. The molecule has 0 radical (unpaired) electrons. The van der Waals surface area contributed by atoms with Crippen molar-refractivity contribution in [3.63, 3.8) is 0 Å². The van der Waals surface area contributed by atoms with Gasteiger partial charge in [0.2, 0.25) is 0 Å². The summed E-state index contributed by atoms with van der Waals surface area (Å²) in [4.78, 5) is 5.56. The fraction of sp³-hybridized carbons (Fsp3) is 0.400. The van der Waals surface area contributed by atoms with Gasteiger partial charge in [0.25, 0.3) is 5.22 Å². The second-order valence-corrected chi connectivity index (χ2v) is 5.62. The monoisotopic (exact) mass is 276 g/mol. The van der Waals surface area contributed by atoms with Gasteiger partial charge in [0.05, 0.1) is 5.69 Å². The topological polar surface area (TPSA) is 38.1 Å². The number of nitrogens with one attached hydrogen (secondary N) is 1. The molecule has 2 rings (SSSR count). The lowest BCUT2D eigenvalue weighted by Crippen LogP contribution is -2.12. The van der Waals surface area contributed by atoms with Crippen LogP contribution in [0.3, 0.4) is 0 Å². The average Bonchev–Trinajstić information content (AvgIpc) is 2.67. The van der Waals surface area contributed by atoms with Gasteiger partial charge < -0.3 is 9.73 Å². The highest BCUT2D eigenvalue weighted by Gasteiger charge is 2.08. The molecule has 0 amide bonds. The third-order valence-corrected chi connectivity index (χ3v) is 3.93. The Bertz CT molecular complexity index is 544. The first-order chi connectivity index (χ1) is 9.10. The minimum Gasteiger partial charge on any atom is -0.436 e. The van der Waals surface area contributed by atoms with Crippen molar-refractivity contribution in [3.05, 3.63) is 40.8 Å². The van der Waals surface area contributed by atoms with Crippen LogP contribution in [0.4, 0.5) is 0 Å². The summed E-state index contributed by atoms with van der Waals surface area (Å²) in [6.07, 6.45) is 0. The first-order valence-corrected chi connectivity index (χ1v) is 7.34. The molecule has 1 N–H and O–H groups in total. The molecule has 0 unspecified atom stereocenters. The van der Waals surface area contributed by atoms with Crippen LogP contribution in [0.15, 0.2) is 32.7 Å².